The number of halogens is 3. The number of carbonyl (C=O) groups is 1. The summed E-state index contributed by atoms with van der Waals surface area (Å²) in [6.07, 6.45) is -4.42. The Bertz CT molecular complexity index is 759. The number of nitrogens with zero attached hydrogens (tertiary/aromatic N) is 2. The van der Waals surface area contributed by atoms with Crippen molar-refractivity contribution < 1.29 is 18.0 Å². The van der Waals surface area contributed by atoms with E-state index >= 15 is 0 Å². The van der Waals surface area contributed by atoms with Crippen molar-refractivity contribution in [2.75, 3.05) is 11.1 Å². The first-order valence-electron chi connectivity index (χ1n) is 6.29. The molecule has 2 N–H and O–H groups in total. The van der Waals surface area contributed by atoms with Crippen molar-refractivity contribution >= 4 is 23.4 Å². The van der Waals surface area contributed by atoms with Crippen LogP contribution in [0.3, 0.4) is 0 Å². The van der Waals surface area contributed by atoms with E-state index in [0.29, 0.717) is 0 Å². The Balaban J connectivity index is 1.92. The molecule has 0 radical (unpaired) electrons. The fourth-order valence-electron chi connectivity index (χ4n) is 1.52. The van der Waals surface area contributed by atoms with Gasteiger partial charge in [-0.15, -0.1) is 10.2 Å². The summed E-state index contributed by atoms with van der Waals surface area (Å²) in [6.45, 7) is 1.50. The summed E-state index contributed by atoms with van der Waals surface area (Å²) >= 11 is 0.957. The minimum atomic E-state index is -4.42. The van der Waals surface area contributed by atoms with Gasteiger partial charge in [0.2, 0.25) is 5.91 Å². The first-order valence-corrected chi connectivity index (χ1v) is 7.28. The molecule has 2 aromatic rings. The zero-order valence-electron chi connectivity index (χ0n) is 11.8. The van der Waals surface area contributed by atoms with Gasteiger partial charge in [0, 0.05) is 5.69 Å². The molecule has 0 aliphatic rings. The van der Waals surface area contributed by atoms with Gasteiger partial charge < -0.3 is 5.32 Å². The van der Waals surface area contributed by atoms with Crippen LogP contribution in [0.25, 0.3) is 0 Å². The molecule has 0 saturated carbocycles. The van der Waals surface area contributed by atoms with Gasteiger partial charge in [-0.05, 0) is 31.2 Å². The van der Waals surface area contributed by atoms with Crippen LogP contribution < -0.4 is 10.9 Å². The van der Waals surface area contributed by atoms with Crippen LogP contribution in [-0.4, -0.2) is 26.8 Å². The molecule has 0 fully saturated rings. The number of aromatic nitrogens is 3. The molecule has 2 rings (SSSR count). The lowest BCUT2D eigenvalue weighted by Gasteiger charge is -2.08. The second-order valence-electron chi connectivity index (χ2n) is 4.46. The van der Waals surface area contributed by atoms with E-state index in [1.165, 1.54) is 19.1 Å². The molecule has 0 aliphatic carbocycles. The van der Waals surface area contributed by atoms with Gasteiger partial charge in [0.1, 0.15) is 5.69 Å². The van der Waals surface area contributed by atoms with Gasteiger partial charge in [0.15, 0.2) is 5.16 Å². The van der Waals surface area contributed by atoms with Crippen LogP contribution in [0.2, 0.25) is 0 Å². The number of anilines is 1. The smallest absolute Gasteiger partial charge is 0.325 e. The third kappa shape index (κ3) is 4.81. The molecule has 1 aromatic heterocycles. The predicted molar refractivity (Wildman–Crippen MR) is 78.2 cm³/mol. The zero-order valence-corrected chi connectivity index (χ0v) is 12.6. The second kappa shape index (κ2) is 6.82. The average Bonchev–Trinajstić information content (AvgIpc) is 2.48. The maximum Gasteiger partial charge on any atom is 0.416 e. The normalized spacial score (nSPS) is 11.3. The van der Waals surface area contributed by atoms with Crippen molar-refractivity contribution in [2.45, 2.75) is 18.3 Å². The number of hydrogen-bond acceptors (Lipinski definition) is 5. The van der Waals surface area contributed by atoms with Crippen LogP contribution in [0.5, 0.6) is 0 Å². The summed E-state index contributed by atoms with van der Waals surface area (Å²) in [6, 6.07) is 4.09. The van der Waals surface area contributed by atoms with E-state index in [1.54, 1.807) is 0 Å². The molecular formula is C13H11F3N4O2S. The first kappa shape index (κ1) is 17.0. The van der Waals surface area contributed by atoms with Crippen LogP contribution >= 0.6 is 11.8 Å². The van der Waals surface area contributed by atoms with E-state index in [1.807, 2.05) is 0 Å². The van der Waals surface area contributed by atoms with Crippen LogP contribution in [0.15, 0.2) is 34.2 Å². The molecule has 6 nitrogen and oxygen atoms in total. The molecule has 0 unspecified atom stereocenters. The highest BCUT2D eigenvalue weighted by Crippen LogP contribution is 2.29. The molecule has 0 atom stereocenters. The van der Waals surface area contributed by atoms with Crippen LogP contribution in [-0.2, 0) is 11.0 Å². The van der Waals surface area contributed by atoms with Gasteiger partial charge in [-0.3, -0.25) is 14.6 Å². The Labute approximate surface area is 132 Å². The summed E-state index contributed by atoms with van der Waals surface area (Å²) in [4.78, 5) is 25.5. The third-order valence-electron chi connectivity index (χ3n) is 2.68. The molecule has 0 saturated heterocycles. The van der Waals surface area contributed by atoms with Crippen LogP contribution in [0, 0.1) is 6.92 Å². The maximum atomic E-state index is 12.4. The maximum absolute atomic E-state index is 12.4. The third-order valence-corrected chi connectivity index (χ3v) is 3.54. The van der Waals surface area contributed by atoms with Gasteiger partial charge >= 0.3 is 6.18 Å². The minimum Gasteiger partial charge on any atom is -0.325 e. The van der Waals surface area contributed by atoms with Crippen LogP contribution in [0.1, 0.15) is 11.3 Å². The largest absolute Gasteiger partial charge is 0.416 e. The van der Waals surface area contributed by atoms with Gasteiger partial charge in [-0.25, -0.2) is 0 Å². The summed E-state index contributed by atoms with van der Waals surface area (Å²) < 4.78 is 37.3. The van der Waals surface area contributed by atoms with Crippen molar-refractivity contribution in [2.24, 2.45) is 0 Å². The highest BCUT2D eigenvalue weighted by molar-refractivity contribution is 7.99. The quantitative estimate of drug-likeness (QED) is 0.831. The molecule has 0 bridgehead atoms. The topological polar surface area (TPSA) is 87.7 Å². The first-order chi connectivity index (χ1) is 10.8. The number of rotatable bonds is 4. The van der Waals surface area contributed by atoms with Crippen molar-refractivity contribution in [1.82, 2.24) is 15.2 Å². The number of hydrogen-bond donors (Lipinski definition) is 2. The van der Waals surface area contributed by atoms with Crippen molar-refractivity contribution in [3.05, 3.63) is 45.9 Å². The molecule has 122 valence electrons. The van der Waals surface area contributed by atoms with Gasteiger partial charge in [0.05, 0.1) is 11.3 Å². The van der Waals surface area contributed by atoms with Gasteiger partial charge in [-0.1, -0.05) is 11.8 Å². The van der Waals surface area contributed by atoms with E-state index in [-0.39, 0.29) is 22.3 Å². The second-order valence-corrected chi connectivity index (χ2v) is 5.42. The molecule has 23 heavy (non-hydrogen) atoms. The standard InChI is InChI=1S/C13H11F3N4O2S/c1-7-11(22)18-12(20-19-7)23-6-10(21)17-9-4-2-8(3-5-9)13(14,15)16/h2-5H,6H2,1H3,(H,17,21)(H,18,20,22). The van der Waals surface area contributed by atoms with E-state index in [2.05, 4.69) is 20.5 Å². The summed E-state index contributed by atoms with van der Waals surface area (Å²) in [5.41, 5.74) is -0.737. The Morgan fingerprint density at radius 2 is 1.91 bits per heavy atom. The SMILES string of the molecule is Cc1nnc(SCC(=O)Nc2ccc(C(F)(F)F)cc2)[nH]c1=O. The number of alkyl halides is 3. The monoisotopic (exact) mass is 344 g/mol. The zero-order chi connectivity index (χ0) is 17.0. The van der Waals surface area contributed by atoms with Crippen molar-refractivity contribution in [3.63, 3.8) is 0 Å². The fourth-order valence-corrected chi connectivity index (χ4v) is 2.12. The molecule has 1 heterocycles. The van der Waals surface area contributed by atoms with E-state index in [9.17, 15) is 22.8 Å². The molecule has 0 aliphatic heterocycles. The Morgan fingerprint density at radius 1 is 1.26 bits per heavy atom. The van der Waals surface area contributed by atoms with Gasteiger partial charge in [0.25, 0.3) is 5.56 Å². The lowest BCUT2D eigenvalue weighted by atomic mass is 10.2. The number of aromatic amines is 1. The summed E-state index contributed by atoms with van der Waals surface area (Å²) in [5.74, 6) is -0.521. The Hall–Kier alpha value is -2.36. The lowest BCUT2D eigenvalue weighted by molar-refractivity contribution is -0.137. The van der Waals surface area contributed by atoms with E-state index < -0.39 is 23.2 Å². The number of amides is 1. The van der Waals surface area contributed by atoms with Crippen molar-refractivity contribution in [1.29, 1.82) is 0 Å². The van der Waals surface area contributed by atoms with Gasteiger partial charge in [-0.2, -0.15) is 13.2 Å². The van der Waals surface area contributed by atoms with E-state index in [0.717, 1.165) is 23.9 Å². The Morgan fingerprint density at radius 3 is 2.48 bits per heavy atom. The predicted octanol–water partition coefficient (Wildman–Crippen LogP) is 2.22. The van der Waals surface area contributed by atoms with Crippen LogP contribution in [0.4, 0.5) is 18.9 Å². The number of H-pyrrole nitrogens is 1. The minimum absolute atomic E-state index is 0.0747. The highest BCUT2D eigenvalue weighted by atomic mass is 32.2. The summed E-state index contributed by atoms with van der Waals surface area (Å²) in [5, 5.41) is 9.96. The number of nitrogens with one attached hydrogen (secondary N) is 2. The molecule has 1 aromatic carbocycles. The van der Waals surface area contributed by atoms with E-state index in [4.69, 9.17) is 0 Å². The highest BCUT2D eigenvalue weighted by Gasteiger charge is 2.29. The molecule has 10 heteroatoms. The average molecular weight is 344 g/mol. The summed E-state index contributed by atoms with van der Waals surface area (Å²) in [7, 11) is 0. The fraction of sp³-hybridized carbons (Fsp3) is 0.231. The number of carbonyl (C=O) groups excluding carboxylic acids is 1. The molecule has 1 amide bonds. The Kier molecular flexibility index (Phi) is 5.04. The lowest BCUT2D eigenvalue weighted by Crippen LogP contribution is -2.17. The number of thioether (sulfide) groups is 1. The number of aryl methyl sites for hydroxylation is 1. The molecular weight excluding hydrogens is 333 g/mol. The molecule has 0 spiro atoms. The van der Waals surface area contributed by atoms with Crippen molar-refractivity contribution in [3.8, 4) is 0 Å². The number of benzene rings is 1.